The van der Waals surface area contributed by atoms with Crippen LogP contribution in [0.5, 0.6) is 0 Å². The first-order chi connectivity index (χ1) is 9.51. The Bertz CT molecular complexity index is 674. The Hall–Kier alpha value is -2.62. The molecule has 4 heteroatoms. The number of ether oxygens (including phenoxy) is 1. The van der Waals surface area contributed by atoms with E-state index < -0.39 is 11.9 Å². The van der Waals surface area contributed by atoms with Crippen LogP contribution in [0.4, 0.5) is 0 Å². The lowest BCUT2D eigenvalue weighted by Crippen LogP contribution is -2.05. The number of aromatic carboxylic acids is 1. The number of carboxylic acid groups (broad SMARTS) is 1. The van der Waals surface area contributed by atoms with Crippen molar-refractivity contribution < 1.29 is 19.4 Å². The molecular weight excluding hydrogens is 256 g/mol. The summed E-state index contributed by atoms with van der Waals surface area (Å²) in [7, 11) is 1.27. The van der Waals surface area contributed by atoms with E-state index >= 15 is 0 Å². The number of aryl methyl sites for hydroxylation is 1. The van der Waals surface area contributed by atoms with Gasteiger partial charge in [-0.25, -0.2) is 9.59 Å². The number of benzene rings is 2. The third kappa shape index (κ3) is 2.85. The van der Waals surface area contributed by atoms with Crippen molar-refractivity contribution in [1.82, 2.24) is 0 Å². The van der Waals surface area contributed by atoms with E-state index in [1.165, 1.54) is 13.2 Å². The maximum absolute atomic E-state index is 11.6. The summed E-state index contributed by atoms with van der Waals surface area (Å²) >= 11 is 0. The second kappa shape index (κ2) is 5.57. The Labute approximate surface area is 116 Å². The van der Waals surface area contributed by atoms with Crippen LogP contribution < -0.4 is 0 Å². The number of hydrogen-bond donors (Lipinski definition) is 1. The summed E-state index contributed by atoms with van der Waals surface area (Å²) in [4.78, 5) is 22.8. The van der Waals surface area contributed by atoms with Crippen LogP contribution in [0.3, 0.4) is 0 Å². The van der Waals surface area contributed by atoms with Crippen molar-refractivity contribution in [3.05, 3.63) is 59.2 Å². The predicted octanol–water partition coefficient (Wildman–Crippen LogP) is 3.15. The molecule has 0 radical (unpaired) electrons. The van der Waals surface area contributed by atoms with Gasteiger partial charge < -0.3 is 9.84 Å². The van der Waals surface area contributed by atoms with Crippen molar-refractivity contribution >= 4 is 11.9 Å². The van der Waals surface area contributed by atoms with Gasteiger partial charge in [-0.05, 0) is 36.2 Å². The normalized spacial score (nSPS) is 10.1. The number of methoxy groups -OCH3 is 1. The molecule has 0 amide bonds. The van der Waals surface area contributed by atoms with Crippen molar-refractivity contribution in [3.63, 3.8) is 0 Å². The number of esters is 1. The van der Waals surface area contributed by atoms with Crippen LogP contribution in [0.1, 0.15) is 26.3 Å². The maximum Gasteiger partial charge on any atom is 0.337 e. The molecule has 2 aromatic rings. The Morgan fingerprint density at radius 3 is 2.30 bits per heavy atom. The highest BCUT2D eigenvalue weighted by molar-refractivity contribution is 5.96. The average molecular weight is 270 g/mol. The number of rotatable bonds is 3. The van der Waals surface area contributed by atoms with E-state index in [4.69, 9.17) is 5.11 Å². The zero-order valence-corrected chi connectivity index (χ0v) is 11.2. The fourth-order valence-electron chi connectivity index (χ4n) is 1.98. The fraction of sp³-hybridized carbons (Fsp3) is 0.125. The van der Waals surface area contributed by atoms with Gasteiger partial charge in [-0.3, -0.25) is 0 Å². The van der Waals surface area contributed by atoms with E-state index in [2.05, 4.69) is 4.74 Å². The lowest BCUT2D eigenvalue weighted by Gasteiger charge is -2.07. The summed E-state index contributed by atoms with van der Waals surface area (Å²) < 4.78 is 4.65. The summed E-state index contributed by atoms with van der Waals surface area (Å²) in [5.41, 5.74) is 2.88. The molecule has 2 rings (SSSR count). The maximum atomic E-state index is 11.6. The molecule has 20 heavy (non-hydrogen) atoms. The molecule has 102 valence electrons. The van der Waals surface area contributed by atoms with Crippen molar-refractivity contribution in [1.29, 1.82) is 0 Å². The van der Waals surface area contributed by atoms with Gasteiger partial charge in [0, 0.05) is 0 Å². The average Bonchev–Trinajstić information content (AvgIpc) is 2.45. The first-order valence-electron chi connectivity index (χ1n) is 6.05. The molecule has 0 aliphatic carbocycles. The van der Waals surface area contributed by atoms with Crippen LogP contribution in [0.25, 0.3) is 11.1 Å². The molecule has 0 spiro atoms. The highest BCUT2D eigenvalue weighted by Gasteiger charge is 2.13. The molecule has 0 unspecified atom stereocenters. The second-order valence-electron chi connectivity index (χ2n) is 4.47. The smallest absolute Gasteiger partial charge is 0.337 e. The largest absolute Gasteiger partial charge is 0.478 e. The molecule has 0 atom stereocenters. The Morgan fingerprint density at radius 1 is 1.00 bits per heavy atom. The lowest BCUT2D eigenvalue weighted by molar-refractivity contribution is 0.0601. The van der Waals surface area contributed by atoms with Gasteiger partial charge in [0.25, 0.3) is 0 Å². The molecule has 0 heterocycles. The minimum absolute atomic E-state index is 0.0596. The van der Waals surface area contributed by atoms with E-state index in [-0.39, 0.29) is 11.1 Å². The summed E-state index contributed by atoms with van der Waals surface area (Å²) in [6, 6.07) is 12.1. The fourth-order valence-corrected chi connectivity index (χ4v) is 1.98. The van der Waals surface area contributed by atoms with Gasteiger partial charge in [-0.1, -0.05) is 29.8 Å². The molecule has 0 fully saturated rings. The van der Waals surface area contributed by atoms with E-state index in [9.17, 15) is 9.59 Å². The third-order valence-corrected chi connectivity index (χ3v) is 2.95. The van der Waals surface area contributed by atoms with Crippen LogP contribution in [0, 0.1) is 6.92 Å². The van der Waals surface area contributed by atoms with Crippen LogP contribution in [-0.2, 0) is 4.74 Å². The van der Waals surface area contributed by atoms with Crippen LogP contribution in [0.2, 0.25) is 0 Å². The van der Waals surface area contributed by atoms with Gasteiger partial charge in [-0.2, -0.15) is 0 Å². The lowest BCUT2D eigenvalue weighted by atomic mass is 9.98. The monoisotopic (exact) mass is 270 g/mol. The standard InChI is InChI=1S/C16H14O4/c1-10-4-3-5-11(6-10)12-7-13(15(17)18)9-14(8-12)16(19)20-2/h3-9H,1-2H3,(H,17,18). The third-order valence-electron chi connectivity index (χ3n) is 2.95. The number of carbonyl (C=O) groups excluding carboxylic acids is 1. The van der Waals surface area contributed by atoms with Gasteiger partial charge in [0.15, 0.2) is 0 Å². The number of hydrogen-bond acceptors (Lipinski definition) is 3. The van der Waals surface area contributed by atoms with Crippen LogP contribution >= 0.6 is 0 Å². The molecule has 4 nitrogen and oxygen atoms in total. The van der Waals surface area contributed by atoms with Gasteiger partial charge in [0.2, 0.25) is 0 Å². The highest BCUT2D eigenvalue weighted by Crippen LogP contribution is 2.24. The minimum atomic E-state index is -1.08. The molecule has 2 aromatic carbocycles. The highest BCUT2D eigenvalue weighted by atomic mass is 16.5. The van der Waals surface area contributed by atoms with Crippen molar-refractivity contribution in [3.8, 4) is 11.1 Å². The summed E-state index contributed by atoms with van der Waals surface area (Å²) in [5.74, 6) is -1.63. The van der Waals surface area contributed by atoms with Crippen LogP contribution in [0.15, 0.2) is 42.5 Å². The van der Waals surface area contributed by atoms with Gasteiger partial charge in [-0.15, -0.1) is 0 Å². The van der Waals surface area contributed by atoms with Crippen molar-refractivity contribution in [2.45, 2.75) is 6.92 Å². The molecule has 0 saturated heterocycles. The zero-order chi connectivity index (χ0) is 14.7. The summed E-state index contributed by atoms with van der Waals surface area (Å²) in [6.07, 6.45) is 0. The Kier molecular flexibility index (Phi) is 3.84. The van der Waals surface area contributed by atoms with Crippen molar-refractivity contribution in [2.24, 2.45) is 0 Å². The first kappa shape index (κ1) is 13.8. The number of carboxylic acids is 1. The van der Waals surface area contributed by atoms with E-state index in [0.29, 0.717) is 5.56 Å². The van der Waals surface area contributed by atoms with Crippen molar-refractivity contribution in [2.75, 3.05) is 7.11 Å². The predicted molar refractivity (Wildman–Crippen MR) is 74.9 cm³/mol. The molecule has 1 N–H and O–H groups in total. The second-order valence-corrected chi connectivity index (χ2v) is 4.47. The molecule has 0 saturated carbocycles. The first-order valence-corrected chi connectivity index (χ1v) is 6.05. The Morgan fingerprint density at radius 2 is 1.70 bits per heavy atom. The number of carbonyl (C=O) groups is 2. The SMILES string of the molecule is COC(=O)c1cc(C(=O)O)cc(-c2cccc(C)c2)c1. The van der Waals surface area contributed by atoms with Gasteiger partial charge >= 0.3 is 11.9 Å². The summed E-state index contributed by atoms with van der Waals surface area (Å²) in [6.45, 7) is 1.95. The van der Waals surface area contributed by atoms with Crippen LogP contribution in [-0.4, -0.2) is 24.2 Å². The molecule has 0 bridgehead atoms. The quantitative estimate of drug-likeness (QED) is 0.870. The van der Waals surface area contributed by atoms with E-state index in [1.54, 1.807) is 12.1 Å². The Balaban J connectivity index is 2.60. The summed E-state index contributed by atoms with van der Waals surface area (Å²) in [5, 5.41) is 9.14. The molecule has 0 aliphatic rings. The minimum Gasteiger partial charge on any atom is -0.478 e. The van der Waals surface area contributed by atoms with E-state index in [1.807, 2.05) is 31.2 Å². The van der Waals surface area contributed by atoms with Gasteiger partial charge in [0.05, 0.1) is 18.2 Å². The molecular formula is C16H14O4. The molecule has 0 aliphatic heterocycles. The van der Waals surface area contributed by atoms with Gasteiger partial charge in [0.1, 0.15) is 0 Å². The van der Waals surface area contributed by atoms with E-state index in [0.717, 1.165) is 11.1 Å². The topological polar surface area (TPSA) is 63.6 Å². The molecule has 0 aromatic heterocycles. The zero-order valence-electron chi connectivity index (χ0n) is 11.2.